The van der Waals surface area contributed by atoms with E-state index in [1.807, 2.05) is 12.1 Å². The quantitative estimate of drug-likeness (QED) is 0.725. The highest BCUT2D eigenvalue weighted by atomic mass is 32.1. The first kappa shape index (κ1) is 16.2. The van der Waals surface area contributed by atoms with Crippen LogP contribution in [-0.4, -0.2) is 16.7 Å². The zero-order chi connectivity index (χ0) is 16.2. The molecule has 0 atom stereocenters. The van der Waals surface area contributed by atoms with Gasteiger partial charge in [0, 0.05) is 23.4 Å². The Hall–Kier alpha value is -1.68. The molecule has 0 saturated heterocycles. The van der Waals surface area contributed by atoms with Crippen molar-refractivity contribution in [2.24, 2.45) is 0 Å². The first-order valence-corrected chi connectivity index (χ1v) is 8.92. The van der Waals surface area contributed by atoms with Crippen molar-refractivity contribution in [1.82, 2.24) is 9.55 Å². The highest BCUT2D eigenvalue weighted by Crippen LogP contribution is 2.29. The van der Waals surface area contributed by atoms with Gasteiger partial charge in [0.15, 0.2) is 0 Å². The molecular weight excluding hydrogens is 304 g/mol. The van der Waals surface area contributed by atoms with Crippen LogP contribution in [0, 0.1) is 4.64 Å². The van der Waals surface area contributed by atoms with Crippen molar-refractivity contribution in [3.63, 3.8) is 0 Å². The molecule has 0 bridgehead atoms. The van der Waals surface area contributed by atoms with E-state index in [-0.39, 0.29) is 0 Å². The van der Waals surface area contributed by atoms with Crippen LogP contribution in [-0.2, 0) is 19.4 Å². The zero-order valence-electron chi connectivity index (χ0n) is 14.0. The molecule has 1 aromatic carbocycles. The largest absolute Gasteiger partial charge is 0.497 e. The van der Waals surface area contributed by atoms with Crippen molar-refractivity contribution in [2.45, 2.75) is 52.0 Å². The Morgan fingerprint density at radius 2 is 2.09 bits per heavy atom. The van der Waals surface area contributed by atoms with Crippen LogP contribution in [0.2, 0.25) is 0 Å². The molecule has 1 aromatic heterocycles. The third-order valence-corrected chi connectivity index (χ3v) is 4.89. The fraction of sp³-hybridized carbons (Fsp3) is 0.474. The molecule has 0 saturated carbocycles. The Labute approximate surface area is 143 Å². The highest BCUT2D eigenvalue weighted by molar-refractivity contribution is 7.71. The number of hydrogen-bond donors (Lipinski definition) is 0. The molecule has 0 unspecified atom stereocenters. The van der Waals surface area contributed by atoms with E-state index < -0.39 is 0 Å². The Balaban J connectivity index is 2.17. The molecule has 0 aliphatic heterocycles. The SMILES string of the molecule is CCCCn1c(-c2cccc(OC)c2)nc(=S)c2c1CCCC2. The van der Waals surface area contributed by atoms with E-state index in [0.717, 1.165) is 47.6 Å². The summed E-state index contributed by atoms with van der Waals surface area (Å²) in [6, 6.07) is 8.13. The number of nitrogens with zero attached hydrogens (tertiary/aromatic N) is 2. The number of unbranched alkanes of at least 4 members (excludes halogenated alkanes) is 1. The molecule has 122 valence electrons. The molecule has 3 nitrogen and oxygen atoms in total. The van der Waals surface area contributed by atoms with Crippen molar-refractivity contribution >= 4 is 12.2 Å². The van der Waals surface area contributed by atoms with Crippen LogP contribution >= 0.6 is 12.2 Å². The van der Waals surface area contributed by atoms with E-state index in [4.69, 9.17) is 21.9 Å². The van der Waals surface area contributed by atoms with Gasteiger partial charge in [0.05, 0.1) is 7.11 Å². The van der Waals surface area contributed by atoms with E-state index in [0.29, 0.717) is 0 Å². The van der Waals surface area contributed by atoms with Gasteiger partial charge in [0.2, 0.25) is 0 Å². The summed E-state index contributed by atoms with van der Waals surface area (Å²) >= 11 is 5.60. The van der Waals surface area contributed by atoms with Crippen LogP contribution in [0.25, 0.3) is 11.4 Å². The van der Waals surface area contributed by atoms with Crippen molar-refractivity contribution in [1.29, 1.82) is 0 Å². The second-order valence-corrected chi connectivity index (χ2v) is 6.50. The monoisotopic (exact) mass is 328 g/mol. The Morgan fingerprint density at radius 3 is 2.87 bits per heavy atom. The molecule has 1 aliphatic rings. The minimum atomic E-state index is 0.783. The number of fused-ring (bicyclic) bond motifs is 1. The Morgan fingerprint density at radius 1 is 1.26 bits per heavy atom. The van der Waals surface area contributed by atoms with Gasteiger partial charge in [-0.1, -0.05) is 37.7 Å². The normalized spacial score (nSPS) is 13.7. The zero-order valence-corrected chi connectivity index (χ0v) is 14.8. The minimum absolute atomic E-state index is 0.783. The lowest BCUT2D eigenvalue weighted by Crippen LogP contribution is -2.18. The molecule has 0 amide bonds. The van der Waals surface area contributed by atoms with Crippen LogP contribution < -0.4 is 4.74 Å². The average molecular weight is 328 g/mol. The number of methoxy groups -OCH3 is 1. The van der Waals surface area contributed by atoms with Gasteiger partial charge >= 0.3 is 0 Å². The first-order chi connectivity index (χ1) is 11.2. The second kappa shape index (κ2) is 7.26. The van der Waals surface area contributed by atoms with Crippen molar-refractivity contribution in [3.8, 4) is 17.1 Å². The number of rotatable bonds is 5. The topological polar surface area (TPSA) is 27.1 Å². The molecule has 1 heterocycles. The minimum Gasteiger partial charge on any atom is -0.497 e. The van der Waals surface area contributed by atoms with E-state index in [9.17, 15) is 0 Å². The molecular formula is C19H24N2OS. The maximum Gasteiger partial charge on any atom is 0.141 e. The third-order valence-electron chi connectivity index (χ3n) is 4.55. The summed E-state index contributed by atoms with van der Waals surface area (Å²) in [6.45, 7) is 3.24. The predicted octanol–water partition coefficient (Wildman–Crippen LogP) is 4.97. The van der Waals surface area contributed by atoms with Crippen LogP contribution in [0.3, 0.4) is 0 Å². The summed E-state index contributed by atoms with van der Waals surface area (Å²) in [5.74, 6) is 1.85. The van der Waals surface area contributed by atoms with Crippen molar-refractivity contribution < 1.29 is 4.74 Å². The fourth-order valence-electron chi connectivity index (χ4n) is 3.31. The van der Waals surface area contributed by atoms with Gasteiger partial charge < -0.3 is 9.30 Å². The van der Waals surface area contributed by atoms with Gasteiger partial charge in [0.1, 0.15) is 16.2 Å². The Bertz CT molecular complexity index is 752. The fourth-order valence-corrected chi connectivity index (χ4v) is 3.62. The summed E-state index contributed by atoms with van der Waals surface area (Å²) < 4.78 is 8.57. The molecule has 0 fully saturated rings. The maximum atomic E-state index is 5.60. The number of ether oxygens (including phenoxy) is 1. The number of benzene rings is 1. The molecule has 0 spiro atoms. The van der Waals surface area contributed by atoms with Crippen LogP contribution in [0.5, 0.6) is 5.75 Å². The van der Waals surface area contributed by atoms with Crippen LogP contribution in [0.15, 0.2) is 24.3 Å². The van der Waals surface area contributed by atoms with E-state index in [2.05, 4.69) is 23.6 Å². The maximum absolute atomic E-state index is 5.60. The molecule has 4 heteroatoms. The summed E-state index contributed by atoms with van der Waals surface area (Å²) in [7, 11) is 1.70. The highest BCUT2D eigenvalue weighted by Gasteiger charge is 2.19. The van der Waals surface area contributed by atoms with Gasteiger partial charge in [-0.15, -0.1) is 0 Å². The number of hydrogen-bond acceptors (Lipinski definition) is 3. The summed E-state index contributed by atoms with van der Waals surface area (Å²) in [6.07, 6.45) is 7.00. The third kappa shape index (κ3) is 3.32. The lowest BCUT2D eigenvalue weighted by Gasteiger charge is -2.24. The first-order valence-electron chi connectivity index (χ1n) is 8.51. The summed E-state index contributed by atoms with van der Waals surface area (Å²) in [5.41, 5.74) is 3.79. The summed E-state index contributed by atoms with van der Waals surface area (Å²) in [5, 5.41) is 0. The molecule has 3 rings (SSSR count). The lowest BCUT2D eigenvalue weighted by atomic mass is 9.96. The van der Waals surface area contributed by atoms with Crippen molar-refractivity contribution in [2.75, 3.05) is 7.11 Å². The lowest BCUT2D eigenvalue weighted by molar-refractivity contribution is 0.415. The van der Waals surface area contributed by atoms with E-state index in [1.165, 1.54) is 30.5 Å². The Kier molecular flexibility index (Phi) is 5.11. The standard InChI is InChI=1S/C19H24N2OS/c1-3-4-12-21-17-11-6-5-10-16(17)19(23)20-18(21)14-8-7-9-15(13-14)22-2/h7-9,13H,3-6,10-12H2,1-2H3. The molecule has 2 aromatic rings. The van der Waals surface area contributed by atoms with Gasteiger partial charge in [-0.05, 0) is 44.2 Å². The van der Waals surface area contributed by atoms with Gasteiger partial charge in [-0.25, -0.2) is 4.98 Å². The molecule has 0 radical (unpaired) electrons. The van der Waals surface area contributed by atoms with Gasteiger partial charge in [0.25, 0.3) is 0 Å². The summed E-state index contributed by atoms with van der Waals surface area (Å²) in [4.78, 5) is 4.81. The van der Waals surface area contributed by atoms with E-state index >= 15 is 0 Å². The molecule has 23 heavy (non-hydrogen) atoms. The molecule has 0 N–H and O–H groups in total. The molecule has 1 aliphatic carbocycles. The van der Waals surface area contributed by atoms with Crippen molar-refractivity contribution in [3.05, 3.63) is 40.2 Å². The van der Waals surface area contributed by atoms with Crippen LogP contribution in [0.4, 0.5) is 0 Å². The number of aromatic nitrogens is 2. The predicted molar refractivity (Wildman–Crippen MR) is 96.6 cm³/mol. The van der Waals surface area contributed by atoms with E-state index in [1.54, 1.807) is 7.11 Å². The van der Waals surface area contributed by atoms with Gasteiger partial charge in [-0.2, -0.15) is 0 Å². The van der Waals surface area contributed by atoms with Gasteiger partial charge in [-0.3, -0.25) is 0 Å². The smallest absolute Gasteiger partial charge is 0.141 e. The van der Waals surface area contributed by atoms with Crippen LogP contribution in [0.1, 0.15) is 43.9 Å². The second-order valence-electron chi connectivity index (χ2n) is 6.11. The average Bonchev–Trinajstić information content (AvgIpc) is 2.61.